The molecular weight excluding hydrogens is 243 g/mol. The van der Waals surface area contributed by atoms with E-state index in [1.54, 1.807) is 13.3 Å². The van der Waals surface area contributed by atoms with Gasteiger partial charge in [0.15, 0.2) is 0 Å². The van der Waals surface area contributed by atoms with Gasteiger partial charge in [0.2, 0.25) is 0 Å². The maximum Gasteiger partial charge on any atom is 0.141 e. The van der Waals surface area contributed by atoms with Crippen LogP contribution in [0.1, 0.15) is 16.7 Å². The van der Waals surface area contributed by atoms with E-state index in [1.807, 2.05) is 12.1 Å². The Labute approximate surface area is 112 Å². The highest BCUT2D eigenvalue weighted by molar-refractivity contribution is 5.23. The fraction of sp³-hybridized carbons (Fsp3) is 0.267. The largest absolute Gasteiger partial charge is 0.380 e. The smallest absolute Gasteiger partial charge is 0.141 e. The zero-order chi connectivity index (χ0) is 13.5. The number of halogens is 1. The van der Waals surface area contributed by atoms with E-state index in [0.717, 1.165) is 17.7 Å². The molecule has 2 rings (SSSR count). The predicted molar refractivity (Wildman–Crippen MR) is 71.9 cm³/mol. The van der Waals surface area contributed by atoms with E-state index in [9.17, 15) is 4.39 Å². The molecule has 0 saturated heterocycles. The molecule has 0 aliphatic carbocycles. The summed E-state index contributed by atoms with van der Waals surface area (Å²) < 4.78 is 18.1. The van der Waals surface area contributed by atoms with Crippen LogP contribution in [0, 0.1) is 5.82 Å². The lowest BCUT2D eigenvalue weighted by Gasteiger charge is -2.07. The normalized spacial score (nSPS) is 10.6. The molecule has 0 amide bonds. The number of ether oxygens (including phenoxy) is 1. The Kier molecular flexibility index (Phi) is 5.01. The van der Waals surface area contributed by atoms with Crippen LogP contribution in [0.15, 0.2) is 42.7 Å². The van der Waals surface area contributed by atoms with Crippen molar-refractivity contribution in [3.8, 4) is 0 Å². The minimum absolute atomic E-state index is 0.304. The maximum absolute atomic E-state index is 13.0. The molecule has 1 heterocycles. The highest BCUT2D eigenvalue weighted by atomic mass is 19.1. The molecule has 0 radical (unpaired) electrons. The van der Waals surface area contributed by atoms with Crippen molar-refractivity contribution < 1.29 is 9.13 Å². The number of hydrogen-bond donors (Lipinski definition) is 1. The third-order valence-electron chi connectivity index (χ3n) is 2.72. The number of benzene rings is 1. The summed E-state index contributed by atoms with van der Waals surface area (Å²) in [6, 6.07) is 9.68. The molecule has 0 spiro atoms. The van der Waals surface area contributed by atoms with Crippen LogP contribution in [0.25, 0.3) is 0 Å². The van der Waals surface area contributed by atoms with E-state index < -0.39 is 0 Å². The Bertz CT molecular complexity index is 531. The van der Waals surface area contributed by atoms with Crippen molar-refractivity contribution in [3.05, 3.63) is 65.2 Å². The second-order valence-corrected chi connectivity index (χ2v) is 4.37. The quantitative estimate of drug-likeness (QED) is 0.867. The summed E-state index contributed by atoms with van der Waals surface area (Å²) in [6.07, 6.45) is 2.87. The maximum atomic E-state index is 13.0. The molecule has 19 heavy (non-hydrogen) atoms. The van der Waals surface area contributed by atoms with Gasteiger partial charge < -0.3 is 10.1 Å². The lowest BCUT2D eigenvalue weighted by Crippen LogP contribution is -2.13. The van der Waals surface area contributed by atoms with Gasteiger partial charge in [-0.25, -0.2) is 4.39 Å². The average Bonchev–Trinajstić information content (AvgIpc) is 2.40. The third-order valence-corrected chi connectivity index (χ3v) is 2.72. The number of rotatable bonds is 6. The van der Waals surface area contributed by atoms with E-state index >= 15 is 0 Å². The first kappa shape index (κ1) is 13.6. The Morgan fingerprint density at radius 1 is 1.11 bits per heavy atom. The number of nitrogens with one attached hydrogen (secondary N) is 1. The molecule has 0 aliphatic rings. The summed E-state index contributed by atoms with van der Waals surface area (Å²) in [5, 5.41) is 3.27. The molecule has 0 aliphatic heterocycles. The summed E-state index contributed by atoms with van der Waals surface area (Å²) in [6.45, 7) is 1.94. The summed E-state index contributed by atoms with van der Waals surface area (Å²) in [4.78, 5) is 3.82. The fourth-order valence-electron chi connectivity index (χ4n) is 1.90. The molecule has 0 unspecified atom stereocenters. The minimum Gasteiger partial charge on any atom is -0.380 e. The van der Waals surface area contributed by atoms with Gasteiger partial charge in [0.05, 0.1) is 12.8 Å². The van der Waals surface area contributed by atoms with Crippen LogP contribution < -0.4 is 5.32 Å². The van der Waals surface area contributed by atoms with Crippen LogP contribution in [0.3, 0.4) is 0 Å². The van der Waals surface area contributed by atoms with Crippen LogP contribution in [-0.2, 0) is 24.4 Å². The molecule has 0 bridgehead atoms. The van der Waals surface area contributed by atoms with E-state index in [4.69, 9.17) is 4.74 Å². The lowest BCUT2D eigenvalue weighted by molar-refractivity contribution is 0.185. The Morgan fingerprint density at radius 3 is 2.68 bits per heavy atom. The minimum atomic E-state index is -0.304. The van der Waals surface area contributed by atoms with Gasteiger partial charge in [-0.05, 0) is 22.8 Å². The van der Waals surface area contributed by atoms with Crippen LogP contribution in [0.4, 0.5) is 4.39 Å². The zero-order valence-corrected chi connectivity index (χ0v) is 10.9. The molecular formula is C15H17FN2O. The van der Waals surface area contributed by atoms with Crippen molar-refractivity contribution in [3.63, 3.8) is 0 Å². The van der Waals surface area contributed by atoms with Crippen molar-refractivity contribution >= 4 is 0 Å². The van der Waals surface area contributed by atoms with Crippen LogP contribution >= 0.6 is 0 Å². The van der Waals surface area contributed by atoms with E-state index in [1.165, 1.54) is 17.8 Å². The van der Waals surface area contributed by atoms with Crippen molar-refractivity contribution in [1.82, 2.24) is 10.3 Å². The highest BCUT2D eigenvalue weighted by Gasteiger charge is 1.98. The summed E-state index contributed by atoms with van der Waals surface area (Å²) in [5.41, 5.74) is 3.17. The van der Waals surface area contributed by atoms with Crippen molar-refractivity contribution in [2.75, 3.05) is 7.11 Å². The van der Waals surface area contributed by atoms with E-state index in [-0.39, 0.29) is 5.82 Å². The SMILES string of the molecule is COCc1cccc(CNCc2cncc(F)c2)c1. The Balaban J connectivity index is 1.87. The van der Waals surface area contributed by atoms with Gasteiger partial charge in [-0.2, -0.15) is 0 Å². The first-order valence-corrected chi connectivity index (χ1v) is 6.15. The van der Waals surface area contributed by atoms with Gasteiger partial charge in [0.25, 0.3) is 0 Å². The monoisotopic (exact) mass is 260 g/mol. The number of aromatic nitrogens is 1. The lowest BCUT2D eigenvalue weighted by atomic mass is 10.1. The third kappa shape index (κ3) is 4.43. The number of hydrogen-bond acceptors (Lipinski definition) is 3. The highest BCUT2D eigenvalue weighted by Crippen LogP contribution is 2.07. The van der Waals surface area contributed by atoms with Gasteiger partial charge in [0, 0.05) is 26.4 Å². The van der Waals surface area contributed by atoms with Gasteiger partial charge in [-0.15, -0.1) is 0 Å². The second-order valence-electron chi connectivity index (χ2n) is 4.37. The van der Waals surface area contributed by atoms with E-state index in [2.05, 4.69) is 22.4 Å². The zero-order valence-electron chi connectivity index (χ0n) is 10.9. The predicted octanol–water partition coefficient (Wildman–Crippen LogP) is 2.66. The topological polar surface area (TPSA) is 34.1 Å². The summed E-state index contributed by atoms with van der Waals surface area (Å²) >= 11 is 0. The van der Waals surface area contributed by atoms with Gasteiger partial charge in [0.1, 0.15) is 5.82 Å². The van der Waals surface area contributed by atoms with E-state index in [0.29, 0.717) is 13.2 Å². The van der Waals surface area contributed by atoms with Crippen molar-refractivity contribution in [2.24, 2.45) is 0 Å². The second kappa shape index (κ2) is 6.97. The summed E-state index contributed by atoms with van der Waals surface area (Å²) in [7, 11) is 1.68. The molecule has 3 nitrogen and oxygen atoms in total. The van der Waals surface area contributed by atoms with Crippen molar-refractivity contribution in [1.29, 1.82) is 0 Å². The number of nitrogens with zero attached hydrogens (tertiary/aromatic N) is 1. The Hall–Kier alpha value is -1.78. The molecule has 0 atom stereocenters. The van der Waals surface area contributed by atoms with Crippen LogP contribution in [0.2, 0.25) is 0 Å². The molecule has 1 aromatic carbocycles. The van der Waals surface area contributed by atoms with Crippen LogP contribution in [0.5, 0.6) is 0 Å². The van der Waals surface area contributed by atoms with Gasteiger partial charge in [-0.3, -0.25) is 4.98 Å². The molecule has 4 heteroatoms. The van der Waals surface area contributed by atoms with Gasteiger partial charge >= 0.3 is 0 Å². The summed E-state index contributed by atoms with van der Waals surface area (Å²) in [5.74, 6) is -0.304. The average molecular weight is 260 g/mol. The molecule has 0 fully saturated rings. The molecule has 0 saturated carbocycles. The molecule has 1 aromatic heterocycles. The first-order valence-electron chi connectivity index (χ1n) is 6.15. The van der Waals surface area contributed by atoms with Crippen molar-refractivity contribution in [2.45, 2.75) is 19.7 Å². The fourth-order valence-corrected chi connectivity index (χ4v) is 1.90. The first-order chi connectivity index (χ1) is 9.28. The van der Waals surface area contributed by atoms with Gasteiger partial charge in [-0.1, -0.05) is 24.3 Å². The number of methoxy groups -OCH3 is 1. The molecule has 100 valence electrons. The van der Waals surface area contributed by atoms with Crippen LogP contribution in [-0.4, -0.2) is 12.1 Å². The number of pyridine rings is 1. The molecule has 1 N–H and O–H groups in total. The molecule has 2 aromatic rings. The Morgan fingerprint density at radius 2 is 1.89 bits per heavy atom. The standard InChI is InChI=1S/C15H17FN2O/c1-19-11-13-4-2-3-12(5-13)7-17-8-14-6-15(16)10-18-9-14/h2-6,9-10,17H,7-8,11H2,1H3.